The maximum absolute atomic E-state index is 5.54. The lowest BCUT2D eigenvalue weighted by Crippen LogP contribution is -2.18. The van der Waals surface area contributed by atoms with Crippen molar-refractivity contribution in [1.82, 2.24) is 4.98 Å². The van der Waals surface area contributed by atoms with Gasteiger partial charge >= 0.3 is 0 Å². The Morgan fingerprint density at radius 2 is 2.23 bits per heavy atom. The van der Waals surface area contributed by atoms with E-state index in [1.54, 1.807) is 12.1 Å². The Morgan fingerprint density at radius 3 is 2.77 bits per heavy atom. The van der Waals surface area contributed by atoms with E-state index in [-0.39, 0.29) is 0 Å². The molecule has 0 atom stereocenters. The predicted octanol–water partition coefficient (Wildman–Crippen LogP) is 0.315. The zero-order chi connectivity index (χ0) is 9.84. The fourth-order valence-electron chi connectivity index (χ4n) is 0.905. The first kappa shape index (κ1) is 9.20. The Balaban J connectivity index is 2.91. The van der Waals surface area contributed by atoms with Crippen LogP contribution in [0.25, 0.3) is 0 Å². The summed E-state index contributed by atoms with van der Waals surface area (Å²) in [4.78, 5) is 5.89. The lowest BCUT2D eigenvalue weighted by molar-refractivity contribution is 1.01. The molecule has 0 saturated carbocycles. The van der Waals surface area contributed by atoms with Crippen LogP contribution in [0.3, 0.4) is 0 Å². The van der Waals surface area contributed by atoms with E-state index in [0.29, 0.717) is 18.1 Å². The van der Waals surface area contributed by atoms with Crippen LogP contribution in [0.4, 0.5) is 17.3 Å². The second-order valence-electron chi connectivity index (χ2n) is 2.70. The molecule has 0 aliphatic rings. The smallest absolute Gasteiger partial charge is 0.149 e. The third-order valence-electron chi connectivity index (χ3n) is 1.66. The highest BCUT2D eigenvalue weighted by atomic mass is 15.2. The topological polar surface area (TPSA) is 68.2 Å². The summed E-state index contributed by atoms with van der Waals surface area (Å²) in [6.45, 7) is 0.496. The van der Waals surface area contributed by atoms with Gasteiger partial charge in [0.15, 0.2) is 0 Å². The Hall–Kier alpha value is -1.89. The zero-order valence-corrected chi connectivity index (χ0v) is 7.49. The van der Waals surface area contributed by atoms with Crippen molar-refractivity contribution >= 4 is 17.3 Å². The molecule has 0 amide bonds. The van der Waals surface area contributed by atoms with Crippen LogP contribution in [0.15, 0.2) is 12.1 Å². The van der Waals surface area contributed by atoms with Crippen LogP contribution >= 0.6 is 0 Å². The van der Waals surface area contributed by atoms with Crippen molar-refractivity contribution in [3.05, 3.63) is 12.1 Å². The van der Waals surface area contributed by atoms with E-state index < -0.39 is 0 Å². The largest absolute Gasteiger partial charge is 0.396 e. The highest BCUT2D eigenvalue weighted by molar-refractivity contribution is 5.62. The summed E-state index contributed by atoms with van der Waals surface area (Å²) in [5.41, 5.74) is 11.5. The van der Waals surface area contributed by atoms with Crippen LogP contribution in [0.2, 0.25) is 0 Å². The van der Waals surface area contributed by atoms with Crippen molar-refractivity contribution in [2.75, 3.05) is 30.0 Å². The number of hydrogen-bond donors (Lipinski definition) is 2. The molecule has 4 heteroatoms. The molecule has 1 heterocycles. The lowest BCUT2D eigenvalue weighted by Gasteiger charge is -2.15. The Bertz CT molecular complexity index is 340. The molecule has 0 radical (unpaired) electrons. The number of aromatic nitrogens is 1. The average Bonchev–Trinajstić information content (AvgIpc) is 2.10. The summed E-state index contributed by atoms with van der Waals surface area (Å²) in [6.07, 6.45) is 5.16. The van der Waals surface area contributed by atoms with Crippen molar-refractivity contribution in [3.8, 4) is 12.3 Å². The van der Waals surface area contributed by atoms with Crippen molar-refractivity contribution < 1.29 is 0 Å². The van der Waals surface area contributed by atoms with Gasteiger partial charge in [-0.25, -0.2) is 4.98 Å². The monoisotopic (exact) mass is 176 g/mol. The van der Waals surface area contributed by atoms with Gasteiger partial charge in [-0.15, -0.1) is 6.42 Å². The van der Waals surface area contributed by atoms with Crippen LogP contribution in [0.5, 0.6) is 0 Å². The van der Waals surface area contributed by atoms with Gasteiger partial charge in [0, 0.05) is 7.05 Å². The van der Waals surface area contributed by atoms with Gasteiger partial charge < -0.3 is 16.4 Å². The molecule has 13 heavy (non-hydrogen) atoms. The van der Waals surface area contributed by atoms with E-state index in [1.807, 2.05) is 11.9 Å². The van der Waals surface area contributed by atoms with Gasteiger partial charge in [-0.2, -0.15) is 0 Å². The second kappa shape index (κ2) is 3.68. The summed E-state index contributed by atoms with van der Waals surface area (Å²) in [7, 11) is 1.85. The van der Waals surface area contributed by atoms with Gasteiger partial charge in [0.1, 0.15) is 11.6 Å². The predicted molar refractivity (Wildman–Crippen MR) is 55.2 cm³/mol. The summed E-state index contributed by atoms with van der Waals surface area (Å²) in [6, 6.07) is 3.49. The van der Waals surface area contributed by atoms with Crippen LogP contribution < -0.4 is 16.4 Å². The maximum atomic E-state index is 5.54. The fourth-order valence-corrected chi connectivity index (χ4v) is 0.905. The fraction of sp³-hybridized carbons (Fsp3) is 0.222. The van der Waals surface area contributed by atoms with Crippen LogP contribution in [-0.2, 0) is 0 Å². The van der Waals surface area contributed by atoms with Crippen LogP contribution in [-0.4, -0.2) is 18.6 Å². The maximum Gasteiger partial charge on any atom is 0.149 e. The highest BCUT2D eigenvalue weighted by Gasteiger charge is 2.02. The Kier molecular flexibility index (Phi) is 2.60. The zero-order valence-electron chi connectivity index (χ0n) is 7.49. The van der Waals surface area contributed by atoms with Gasteiger partial charge in [0.25, 0.3) is 0 Å². The van der Waals surface area contributed by atoms with Gasteiger partial charge in [0.05, 0.1) is 12.2 Å². The molecule has 0 spiro atoms. The average molecular weight is 176 g/mol. The minimum absolute atomic E-state index is 0.335. The molecule has 68 valence electrons. The first-order chi connectivity index (χ1) is 6.15. The number of hydrogen-bond acceptors (Lipinski definition) is 4. The lowest BCUT2D eigenvalue weighted by atomic mass is 10.3. The van der Waals surface area contributed by atoms with Gasteiger partial charge in [-0.3, -0.25) is 0 Å². The molecule has 0 unspecified atom stereocenters. The van der Waals surface area contributed by atoms with Crippen LogP contribution in [0.1, 0.15) is 0 Å². The van der Waals surface area contributed by atoms with Gasteiger partial charge in [-0.05, 0) is 12.1 Å². The number of anilines is 3. The summed E-state index contributed by atoms with van der Waals surface area (Å²) in [5, 5.41) is 0. The van der Waals surface area contributed by atoms with Crippen molar-refractivity contribution in [3.63, 3.8) is 0 Å². The number of terminal acetylenes is 1. The molecule has 0 bridgehead atoms. The van der Waals surface area contributed by atoms with Gasteiger partial charge in [0.2, 0.25) is 0 Å². The molecule has 0 saturated heterocycles. The molecule has 0 aromatic carbocycles. The van der Waals surface area contributed by atoms with Crippen molar-refractivity contribution in [2.24, 2.45) is 0 Å². The molecule has 4 N–H and O–H groups in total. The minimum Gasteiger partial charge on any atom is -0.396 e. The Morgan fingerprint density at radius 1 is 1.54 bits per heavy atom. The molecule has 1 rings (SSSR count). The standard InChI is InChI=1S/C9H12N4/c1-3-6-13(2)8-5-4-7(10)9(11)12-8/h1,4-5H,6,10H2,2H3,(H2,11,12). The molecule has 1 aromatic heterocycles. The van der Waals surface area contributed by atoms with Crippen molar-refractivity contribution in [1.29, 1.82) is 0 Å². The number of pyridine rings is 1. The van der Waals surface area contributed by atoms with Crippen LogP contribution in [0, 0.1) is 12.3 Å². The number of rotatable bonds is 2. The van der Waals surface area contributed by atoms with E-state index in [1.165, 1.54) is 0 Å². The van der Waals surface area contributed by atoms with E-state index in [0.717, 1.165) is 5.82 Å². The number of nitrogens with zero attached hydrogens (tertiary/aromatic N) is 2. The Labute approximate surface area is 77.5 Å². The van der Waals surface area contributed by atoms with E-state index in [4.69, 9.17) is 17.9 Å². The molecule has 1 aromatic rings. The third kappa shape index (κ3) is 2.03. The number of nitrogen functional groups attached to an aromatic ring is 2. The minimum atomic E-state index is 0.335. The molecule has 0 fully saturated rings. The normalized spacial score (nSPS) is 9.23. The first-order valence-corrected chi connectivity index (χ1v) is 3.81. The molecular formula is C9H12N4. The molecular weight excluding hydrogens is 164 g/mol. The summed E-state index contributed by atoms with van der Waals surface area (Å²) in [5.74, 6) is 3.58. The quantitative estimate of drug-likeness (QED) is 0.636. The van der Waals surface area contributed by atoms with Crippen molar-refractivity contribution in [2.45, 2.75) is 0 Å². The molecule has 0 aliphatic carbocycles. The van der Waals surface area contributed by atoms with E-state index in [9.17, 15) is 0 Å². The van der Waals surface area contributed by atoms with E-state index in [2.05, 4.69) is 10.9 Å². The summed E-state index contributed by atoms with van der Waals surface area (Å²) >= 11 is 0. The first-order valence-electron chi connectivity index (χ1n) is 3.81. The highest BCUT2D eigenvalue weighted by Crippen LogP contribution is 2.16. The van der Waals surface area contributed by atoms with Gasteiger partial charge in [-0.1, -0.05) is 5.92 Å². The van der Waals surface area contributed by atoms with E-state index >= 15 is 0 Å². The SMILES string of the molecule is C#CCN(C)c1ccc(N)c(N)n1. The third-order valence-corrected chi connectivity index (χ3v) is 1.66. The second-order valence-corrected chi connectivity index (χ2v) is 2.70. The molecule has 0 aliphatic heterocycles. The summed E-state index contributed by atoms with van der Waals surface area (Å²) < 4.78 is 0. The number of nitrogens with two attached hydrogens (primary N) is 2. The molecule has 4 nitrogen and oxygen atoms in total.